The molecule has 1 rings (SSSR count). The molecule has 0 fully saturated rings. The van der Waals surface area contributed by atoms with Crippen molar-refractivity contribution in [2.75, 3.05) is 0 Å². The number of rotatable bonds is 5. The first-order valence-electron chi connectivity index (χ1n) is 5.82. The fraction of sp³-hybridized carbons (Fsp3) is 0.692. The van der Waals surface area contributed by atoms with E-state index in [4.69, 9.17) is 0 Å². The van der Waals surface area contributed by atoms with Gasteiger partial charge in [-0.1, -0.05) is 0 Å². The Balaban J connectivity index is 0. The maximum atomic E-state index is 2.40. The Morgan fingerprint density at radius 2 is 1.75 bits per heavy atom. The van der Waals surface area contributed by atoms with Gasteiger partial charge in [0.1, 0.15) is 0 Å². The SMILES string of the molecule is CCCC(CC)(CC)C1=[C]([Zr+2])CC=C1.[Cl-].[Cl-]. The van der Waals surface area contributed by atoms with Crippen LogP contribution in [0.25, 0.3) is 0 Å². The van der Waals surface area contributed by atoms with Gasteiger partial charge in [0.05, 0.1) is 0 Å². The molecule has 0 aromatic heterocycles. The Kier molecular flexibility index (Phi) is 10.8. The van der Waals surface area contributed by atoms with E-state index in [9.17, 15) is 0 Å². The molecule has 0 aromatic rings. The molecule has 0 aromatic carbocycles. The average Bonchev–Trinajstić information content (AvgIpc) is 2.62. The molecule has 0 aliphatic heterocycles. The molecule has 1 aliphatic rings. The molecular formula is C13H21Cl2Zr. The van der Waals surface area contributed by atoms with Crippen LogP contribution in [0.15, 0.2) is 21.0 Å². The Morgan fingerprint density at radius 3 is 2.06 bits per heavy atom. The van der Waals surface area contributed by atoms with Crippen molar-refractivity contribution < 1.29 is 49.5 Å². The molecule has 0 N–H and O–H groups in total. The molecule has 0 nitrogen and oxygen atoms in total. The smallest absolute Gasteiger partial charge is 1.00 e. The third kappa shape index (κ3) is 4.00. The molecule has 3 heteroatoms. The van der Waals surface area contributed by atoms with Crippen LogP contribution in [-0.4, -0.2) is 0 Å². The van der Waals surface area contributed by atoms with Crippen molar-refractivity contribution >= 4 is 0 Å². The fourth-order valence-electron chi connectivity index (χ4n) is 2.60. The third-order valence-electron chi connectivity index (χ3n) is 3.59. The monoisotopic (exact) mass is 337 g/mol. The molecule has 0 bridgehead atoms. The molecule has 0 spiro atoms. The quantitative estimate of drug-likeness (QED) is 0.564. The van der Waals surface area contributed by atoms with E-state index in [0.29, 0.717) is 5.41 Å². The minimum Gasteiger partial charge on any atom is -1.00 e. The van der Waals surface area contributed by atoms with E-state index < -0.39 is 0 Å². The molecular weight excluding hydrogens is 318 g/mol. The van der Waals surface area contributed by atoms with Gasteiger partial charge in [0.2, 0.25) is 0 Å². The first kappa shape index (κ1) is 19.3. The first-order valence-corrected chi connectivity index (χ1v) is 7.04. The zero-order chi connectivity index (χ0) is 10.6. The molecule has 0 radical (unpaired) electrons. The molecule has 0 saturated heterocycles. The summed E-state index contributed by atoms with van der Waals surface area (Å²) in [7, 11) is 0. The van der Waals surface area contributed by atoms with Crippen molar-refractivity contribution in [2.45, 2.75) is 52.9 Å². The van der Waals surface area contributed by atoms with Gasteiger partial charge in [0.15, 0.2) is 0 Å². The van der Waals surface area contributed by atoms with Crippen molar-refractivity contribution in [1.82, 2.24) is 0 Å². The van der Waals surface area contributed by atoms with Crippen LogP contribution in [0.5, 0.6) is 0 Å². The fourth-order valence-corrected chi connectivity index (χ4v) is 3.75. The minimum atomic E-state index is 0. The summed E-state index contributed by atoms with van der Waals surface area (Å²) in [6.45, 7) is 7.01. The summed E-state index contributed by atoms with van der Waals surface area (Å²) < 4.78 is 1.69. The van der Waals surface area contributed by atoms with E-state index >= 15 is 0 Å². The van der Waals surface area contributed by atoms with E-state index in [2.05, 4.69) is 32.9 Å². The molecule has 16 heavy (non-hydrogen) atoms. The zero-order valence-electron chi connectivity index (χ0n) is 10.4. The Hall–Kier alpha value is 0.943. The molecule has 1 aliphatic carbocycles. The molecule has 0 saturated carbocycles. The second-order valence-electron chi connectivity index (χ2n) is 4.24. The number of hydrogen-bond acceptors (Lipinski definition) is 0. The Bertz CT molecular complexity index is 253. The standard InChI is InChI=1S/C13H21.2ClH.Zr/c1-4-11-13(5-2,6-3)12-9-7-8-10-12;;;/h7,9H,4-6,8,11H2,1-3H3;2*1H;/q;;;+2/p-2. The van der Waals surface area contributed by atoms with Crippen LogP contribution >= 0.6 is 0 Å². The minimum absolute atomic E-state index is 0. The summed E-state index contributed by atoms with van der Waals surface area (Å²) in [4.78, 5) is 0. The van der Waals surface area contributed by atoms with Crippen LogP contribution in [-0.2, 0) is 24.7 Å². The van der Waals surface area contributed by atoms with Gasteiger partial charge in [-0.15, -0.1) is 0 Å². The van der Waals surface area contributed by atoms with E-state index in [0.717, 1.165) is 0 Å². The average molecular weight is 339 g/mol. The second-order valence-corrected chi connectivity index (χ2v) is 5.72. The summed E-state index contributed by atoms with van der Waals surface area (Å²) >= 11 is 1.62. The van der Waals surface area contributed by atoms with Gasteiger partial charge < -0.3 is 24.8 Å². The maximum Gasteiger partial charge on any atom is -1.00 e. The van der Waals surface area contributed by atoms with E-state index in [-0.39, 0.29) is 24.8 Å². The predicted molar refractivity (Wildman–Crippen MR) is 58.7 cm³/mol. The Labute approximate surface area is 128 Å². The first-order chi connectivity index (χ1) is 6.70. The molecule has 0 heterocycles. The van der Waals surface area contributed by atoms with Crippen molar-refractivity contribution in [3.8, 4) is 0 Å². The van der Waals surface area contributed by atoms with E-state index in [1.807, 2.05) is 0 Å². The summed E-state index contributed by atoms with van der Waals surface area (Å²) in [5.41, 5.74) is 2.18. The molecule has 91 valence electrons. The molecule has 0 amide bonds. The molecule has 0 atom stereocenters. The summed E-state index contributed by atoms with van der Waals surface area (Å²) in [5.74, 6) is 0. The van der Waals surface area contributed by atoms with Crippen LogP contribution < -0.4 is 24.8 Å². The maximum absolute atomic E-state index is 2.40. The van der Waals surface area contributed by atoms with Gasteiger partial charge in [-0.3, -0.25) is 0 Å². The molecule has 0 unspecified atom stereocenters. The third-order valence-corrected chi connectivity index (χ3v) is 4.75. The van der Waals surface area contributed by atoms with Crippen LogP contribution in [0, 0.1) is 5.41 Å². The Morgan fingerprint density at radius 1 is 1.19 bits per heavy atom. The largest absolute Gasteiger partial charge is 1.00 e. The summed E-state index contributed by atoms with van der Waals surface area (Å²) in [6.07, 6.45) is 11.2. The number of halogens is 2. The number of allylic oxidation sites excluding steroid dienone is 4. The van der Waals surface area contributed by atoms with Crippen LogP contribution in [0.2, 0.25) is 0 Å². The normalized spacial score (nSPS) is 14.8. The van der Waals surface area contributed by atoms with Gasteiger partial charge in [-0.2, -0.15) is 0 Å². The van der Waals surface area contributed by atoms with Crippen LogP contribution in [0.3, 0.4) is 0 Å². The van der Waals surface area contributed by atoms with Crippen molar-refractivity contribution in [1.29, 1.82) is 0 Å². The zero-order valence-corrected chi connectivity index (χ0v) is 14.4. The van der Waals surface area contributed by atoms with Crippen LogP contribution in [0.4, 0.5) is 0 Å². The van der Waals surface area contributed by atoms with E-state index in [1.54, 1.807) is 33.6 Å². The van der Waals surface area contributed by atoms with E-state index in [1.165, 1.54) is 32.1 Å². The summed E-state index contributed by atoms with van der Waals surface area (Å²) in [5, 5.41) is 0. The van der Waals surface area contributed by atoms with Gasteiger partial charge in [-0.25, -0.2) is 0 Å². The van der Waals surface area contributed by atoms with Gasteiger partial charge in [-0.05, 0) is 0 Å². The van der Waals surface area contributed by atoms with Gasteiger partial charge >= 0.3 is 104 Å². The van der Waals surface area contributed by atoms with Crippen molar-refractivity contribution in [3.63, 3.8) is 0 Å². The van der Waals surface area contributed by atoms with Gasteiger partial charge in [0, 0.05) is 0 Å². The second kappa shape index (κ2) is 8.95. The topological polar surface area (TPSA) is 0 Å². The number of hydrogen-bond donors (Lipinski definition) is 0. The van der Waals surface area contributed by atoms with Gasteiger partial charge in [0.25, 0.3) is 0 Å². The summed E-state index contributed by atoms with van der Waals surface area (Å²) in [6, 6.07) is 0. The predicted octanol–water partition coefficient (Wildman–Crippen LogP) is -1.64. The van der Waals surface area contributed by atoms with Crippen molar-refractivity contribution in [2.24, 2.45) is 5.41 Å². The van der Waals surface area contributed by atoms with Crippen LogP contribution in [0.1, 0.15) is 52.9 Å². The van der Waals surface area contributed by atoms with Crippen molar-refractivity contribution in [3.05, 3.63) is 21.0 Å².